The van der Waals surface area contributed by atoms with E-state index in [4.69, 9.17) is 37.7 Å². The van der Waals surface area contributed by atoms with Crippen LogP contribution in [0, 0.1) is 23.3 Å². The first-order valence-corrected chi connectivity index (χ1v) is 26.9. The van der Waals surface area contributed by atoms with E-state index in [-0.39, 0.29) is 91.7 Å². The van der Waals surface area contributed by atoms with Crippen molar-refractivity contribution in [3.05, 3.63) is 191 Å². The average Bonchev–Trinajstić information content (AvgIpc) is 4.27. The zero-order valence-electron chi connectivity index (χ0n) is 41.7. The molecule has 4 aromatic heterocycles. The summed E-state index contributed by atoms with van der Waals surface area (Å²) >= 11 is 16.1. The molecule has 2 aliphatic heterocycles. The molecule has 0 saturated carbocycles. The van der Waals surface area contributed by atoms with Gasteiger partial charge in [-0.25, -0.2) is 17.6 Å². The van der Waals surface area contributed by atoms with Crippen molar-refractivity contribution >= 4 is 98.7 Å². The average molecular weight is 1290 g/mol. The fourth-order valence-electron chi connectivity index (χ4n) is 8.17. The van der Waals surface area contributed by atoms with Crippen LogP contribution in [0.15, 0.2) is 133 Å². The zero-order chi connectivity index (χ0) is 56.1. The van der Waals surface area contributed by atoms with Gasteiger partial charge < -0.3 is 28.2 Å². The molecule has 0 fully saturated rings. The Morgan fingerprint density at radius 2 is 1.11 bits per heavy atom. The van der Waals surface area contributed by atoms with E-state index in [9.17, 15) is 44.0 Å². The van der Waals surface area contributed by atoms with E-state index in [0.29, 0.717) is 74.4 Å². The van der Waals surface area contributed by atoms with E-state index in [0.717, 1.165) is 24.3 Å². The molecule has 0 aliphatic carbocycles. The van der Waals surface area contributed by atoms with E-state index in [1.807, 2.05) is 0 Å². The van der Waals surface area contributed by atoms with Crippen LogP contribution in [0.4, 0.5) is 29.2 Å². The molecule has 32 heteroatoms. The summed E-state index contributed by atoms with van der Waals surface area (Å²) < 4.78 is 138. The number of aromatic nitrogens is 4. The van der Waals surface area contributed by atoms with Crippen molar-refractivity contribution in [1.29, 1.82) is 0 Å². The number of nitrogens with one attached hydrogen (secondary N) is 2. The van der Waals surface area contributed by atoms with Crippen LogP contribution in [0.5, 0.6) is 17.2 Å². The van der Waals surface area contributed by atoms with E-state index in [1.165, 1.54) is 93.0 Å². The van der Waals surface area contributed by atoms with E-state index in [1.54, 1.807) is 24.3 Å². The molecular formula is C48H45BBrCl2F4N8O12P2S2. The van der Waals surface area contributed by atoms with E-state index in [2.05, 4.69) is 49.4 Å². The number of anilines is 2. The molecule has 2 atom stereocenters. The molecule has 20 nitrogen and oxygen atoms in total. The highest BCUT2D eigenvalue weighted by atomic mass is 79.9. The lowest BCUT2D eigenvalue weighted by Crippen LogP contribution is -2.41. The van der Waals surface area contributed by atoms with Gasteiger partial charge in [0.15, 0.2) is 34.9 Å². The van der Waals surface area contributed by atoms with Gasteiger partial charge in [-0.15, -0.1) is 0 Å². The second kappa shape index (κ2) is 27.0. The molecule has 8 aromatic rings. The SMILES string of the molecule is COc1cc(-c2ccc(F)c(F)c2)c(Cl)cc1-n1c2c(ccc1=O)CN(S(=O)(=O)Nc1ccon1)CC2.COc1cc(Br)c(Cl)cc1-n1c2c(ccc1=O)CN(S(=O)(=O)Nc1ccon1)CC2.O[B]Oc1ccc(F)c(F)c1.P.P. The Morgan fingerprint density at radius 1 is 0.637 bits per heavy atom. The second-order valence-electron chi connectivity index (χ2n) is 16.5. The predicted octanol–water partition coefficient (Wildman–Crippen LogP) is 8.10. The minimum atomic E-state index is -3.93. The van der Waals surface area contributed by atoms with E-state index < -0.39 is 43.7 Å². The van der Waals surface area contributed by atoms with Gasteiger partial charge in [-0.1, -0.05) is 51.7 Å². The molecule has 2 unspecified atom stereocenters. The Balaban J connectivity index is 0.000000215. The summed E-state index contributed by atoms with van der Waals surface area (Å²) in [7, 11) is -4.46. The van der Waals surface area contributed by atoms with Crippen LogP contribution in [0.2, 0.25) is 10.0 Å². The van der Waals surface area contributed by atoms with Gasteiger partial charge >= 0.3 is 28.1 Å². The monoisotopic (exact) mass is 1290 g/mol. The molecule has 0 bridgehead atoms. The predicted molar refractivity (Wildman–Crippen MR) is 304 cm³/mol. The number of hydrogen-bond acceptors (Lipinski definition) is 14. The number of methoxy groups -OCH3 is 2. The van der Waals surface area contributed by atoms with Gasteiger partial charge in [0.25, 0.3) is 11.1 Å². The Morgan fingerprint density at radius 3 is 1.56 bits per heavy atom. The lowest BCUT2D eigenvalue weighted by molar-refractivity contribution is 0.384. The van der Waals surface area contributed by atoms with Crippen LogP contribution in [-0.2, 0) is 46.3 Å². The molecule has 423 valence electrons. The van der Waals surface area contributed by atoms with Crippen LogP contribution < -0.4 is 34.7 Å². The summed E-state index contributed by atoms with van der Waals surface area (Å²) in [5.74, 6) is -3.05. The second-order valence-corrected chi connectivity index (χ2v) is 21.5. The van der Waals surface area contributed by atoms with Crippen molar-refractivity contribution in [3.8, 4) is 39.8 Å². The highest BCUT2D eigenvalue weighted by molar-refractivity contribution is 9.10. The van der Waals surface area contributed by atoms with Gasteiger partial charge in [0, 0.05) is 90.8 Å². The number of benzene rings is 4. The third-order valence-corrected chi connectivity index (χ3v) is 16.2. The molecule has 0 spiro atoms. The lowest BCUT2D eigenvalue weighted by atomic mass is 10.0. The van der Waals surface area contributed by atoms with Crippen molar-refractivity contribution in [2.24, 2.45) is 0 Å². The highest BCUT2D eigenvalue weighted by Crippen LogP contribution is 2.38. The summed E-state index contributed by atoms with van der Waals surface area (Å²) in [5.41, 5.74) is 3.51. The molecule has 6 heterocycles. The molecule has 3 N–H and O–H groups in total. The third-order valence-electron chi connectivity index (χ3n) is 11.8. The molecule has 1 radical (unpaired) electrons. The minimum Gasteiger partial charge on any atom is -0.537 e. The maximum absolute atomic E-state index is 13.8. The first-order valence-electron chi connectivity index (χ1n) is 22.5. The van der Waals surface area contributed by atoms with Crippen LogP contribution in [0.1, 0.15) is 22.5 Å². The molecule has 0 saturated heterocycles. The van der Waals surface area contributed by atoms with Gasteiger partial charge in [0.05, 0.1) is 35.6 Å². The molecule has 10 rings (SSSR count). The number of nitrogens with zero attached hydrogens (tertiary/aromatic N) is 6. The first-order chi connectivity index (χ1) is 37.2. The van der Waals surface area contributed by atoms with Gasteiger partial charge in [-0.2, -0.15) is 45.2 Å². The Hall–Kier alpha value is -6.32. The first kappa shape index (κ1) is 62.9. The zero-order valence-corrected chi connectivity index (χ0v) is 49.3. The van der Waals surface area contributed by atoms with Crippen LogP contribution in [0.3, 0.4) is 0 Å². The van der Waals surface area contributed by atoms with Gasteiger partial charge in [0.1, 0.15) is 29.8 Å². The normalized spacial score (nSPS) is 13.1. The van der Waals surface area contributed by atoms with Crippen LogP contribution in [-0.4, -0.2) is 84.9 Å². The Kier molecular flexibility index (Phi) is 21.2. The quantitative estimate of drug-likeness (QED) is 0.0561. The highest BCUT2D eigenvalue weighted by Gasteiger charge is 2.32. The number of halogens is 7. The van der Waals surface area contributed by atoms with Crippen molar-refractivity contribution in [1.82, 2.24) is 28.1 Å². The van der Waals surface area contributed by atoms with Crippen molar-refractivity contribution in [3.63, 3.8) is 0 Å². The molecule has 4 aromatic carbocycles. The summed E-state index contributed by atoms with van der Waals surface area (Å²) in [5, 5.41) is 15.9. The van der Waals surface area contributed by atoms with Crippen molar-refractivity contribution in [2.75, 3.05) is 36.8 Å². The number of ether oxygens (including phenoxy) is 2. The number of fused-ring (bicyclic) bond motifs is 2. The number of rotatable bonds is 13. The summed E-state index contributed by atoms with van der Waals surface area (Å²) in [6.07, 6.45) is 3.07. The van der Waals surface area contributed by atoms with Crippen molar-refractivity contribution in [2.45, 2.75) is 25.9 Å². The van der Waals surface area contributed by atoms with Gasteiger partial charge in [-0.3, -0.25) is 28.2 Å². The summed E-state index contributed by atoms with van der Waals surface area (Å²) in [4.78, 5) is 25.7. The molecule has 2 aliphatic rings. The number of hydrogen-bond donors (Lipinski definition) is 3. The third kappa shape index (κ3) is 14.2. The topological polar surface area (TPSA) is 243 Å². The van der Waals surface area contributed by atoms with E-state index >= 15 is 0 Å². The number of pyridine rings is 2. The lowest BCUT2D eigenvalue weighted by Gasteiger charge is -2.30. The fraction of sp³-hybridized carbons (Fsp3) is 0.167. The minimum absolute atomic E-state index is 0. The summed E-state index contributed by atoms with van der Waals surface area (Å²) in [6.45, 7) is 0.365. The Labute approximate surface area is 479 Å². The standard InChI is InChI=1S/C24H19ClF2N4O5S.C18H16BrClN4O5S.C6H4BF2O2.2H3P/c1-35-22-11-16(14-2-4-18(26)19(27)10-14)17(25)12-21(22)31-20-6-8-30(13-15(20)3-5-24(31)32)37(33,34)29-23-7-9-36-28-23;1-28-16-8-12(19)13(20)9-15(16)24-14-4-6-23(10-11(14)2-3-18(24)25)30(26,27)22-17-5-7-29-21-17;8-5-2-1-4(11-7-10)3-6(5)9;;/h2-5,7,9-12H,6,8,13H2,1H3,(H,28,29);2-3,5,7-9H,4,6,10H2,1H3,(H,21,22);1-3,10H;2*1H3. The van der Waals surface area contributed by atoms with Gasteiger partial charge in [-0.05, 0) is 81.2 Å². The van der Waals surface area contributed by atoms with Crippen LogP contribution in [0.25, 0.3) is 22.5 Å². The largest absolute Gasteiger partial charge is 0.569 e. The molecule has 0 amide bonds. The fourth-order valence-corrected chi connectivity index (χ4v) is 11.2. The Bertz CT molecular complexity index is 3880. The van der Waals surface area contributed by atoms with Crippen molar-refractivity contribution < 1.29 is 62.6 Å². The molecule has 80 heavy (non-hydrogen) atoms. The molecular weight excluding hydrogens is 1240 g/mol. The van der Waals surface area contributed by atoms with Crippen LogP contribution >= 0.6 is 58.9 Å². The maximum Gasteiger partial charge on any atom is 0.569 e. The summed E-state index contributed by atoms with van der Waals surface area (Å²) in [6, 6.07) is 21.5. The maximum atomic E-state index is 13.8. The van der Waals surface area contributed by atoms with Gasteiger partial charge in [0.2, 0.25) is 0 Å². The smallest absolute Gasteiger partial charge is 0.537 e.